The number of rotatable bonds is 4. The SMILES string of the molecule is NC(=O)c1c(F)ccc(OCc2ccc3ccccc3c2)c1F. The molecule has 0 aliphatic carbocycles. The second-order valence-electron chi connectivity index (χ2n) is 5.07. The molecule has 0 radical (unpaired) electrons. The number of fused-ring (bicyclic) bond motifs is 1. The zero-order valence-electron chi connectivity index (χ0n) is 12.1. The van der Waals surface area contributed by atoms with Gasteiger partial charge in [-0.1, -0.05) is 36.4 Å². The summed E-state index contributed by atoms with van der Waals surface area (Å²) in [6, 6.07) is 15.6. The first kappa shape index (κ1) is 15.0. The molecule has 3 nitrogen and oxygen atoms in total. The van der Waals surface area contributed by atoms with Gasteiger partial charge in [0.1, 0.15) is 18.0 Å². The number of carbonyl (C=O) groups is 1. The fourth-order valence-corrected chi connectivity index (χ4v) is 2.36. The van der Waals surface area contributed by atoms with Crippen LogP contribution < -0.4 is 10.5 Å². The lowest BCUT2D eigenvalue weighted by molar-refractivity contribution is 0.0991. The fraction of sp³-hybridized carbons (Fsp3) is 0.0556. The maximum atomic E-state index is 14.1. The van der Waals surface area contributed by atoms with Crippen LogP contribution in [0.1, 0.15) is 15.9 Å². The number of halogens is 2. The molecule has 0 aromatic heterocycles. The summed E-state index contributed by atoms with van der Waals surface area (Å²) in [6.45, 7) is 0.0889. The number of nitrogens with two attached hydrogens (primary N) is 1. The normalized spacial score (nSPS) is 10.7. The van der Waals surface area contributed by atoms with E-state index < -0.39 is 23.1 Å². The van der Waals surface area contributed by atoms with E-state index in [2.05, 4.69) is 0 Å². The third kappa shape index (κ3) is 2.99. The van der Waals surface area contributed by atoms with Crippen LogP contribution in [0, 0.1) is 11.6 Å². The predicted octanol–water partition coefficient (Wildman–Crippen LogP) is 3.80. The van der Waals surface area contributed by atoms with Crippen LogP contribution in [0.4, 0.5) is 8.78 Å². The van der Waals surface area contributed by atoms with E-state index in [1.54, 1.807) is 0 Å². The Morgan fingerprint density at radius 1 is 1.00 bits per heavy atom. The predicted molar refractivity (Wildman–Crippen MR) is 83.2 cm³/mol. The lowest BCUT2D eigenvalue weighted by Gasteiger charge is -2.10. The molecule has 3 rings (SSSR count). The average molecular weight is 313 g/mol. The summed E-state index contributed by atoms with van der Waals surface area (Å²) >= 11 is 0. The average Bonchev–Trinajstić information content (AvgIpc) is 2.53. The second kappa shape index (κ2) is 6.04. The Bertz CT molecular complexity index is 893. The summed E-state index contributed by atoms with van der Waals surface area (Å²) in [4.78, 5) is 11.1. The largest absolute Gasteiger partial charge is 0.486 e. The maximum Gasteiger partial charge on any atom is 0.254 e. The van der Waals surface area contributed by atoms with Crippen LogP contribution in [-0.2, 0) is 6.61 Å². The van der Waals surface area contributed by atoms with Crippen molar-refractivity contribution in [3.05, 3.63) is 77.4 Å². The standard InChI is InChI=1S/C18H13F2NO2/c19-14-7-8-15(17(20)16(14)18(21)22)23-10-11-5-6-12-3-1-2-4-13(12)9-11/h1-9H,10H2,(H2,21,22). The van der Waals surface area contributed by atoms with Crippen molar-refractivity contribution in [3.63, 3.8) is 0 Å². The zero-order valence-corrected chi connectivity index (χ0v) is 12.1. The Hall–Kier alpha value is -2.95. The minimum absolute atomic E-state index is 0.0889. The molecule has 0 saturated heterocycles. The number of benzene rings is 3. The van der Waals surface area contributed by atoms with E-state index in [1.165, 1.54) is 0 Å². The number of ether oxygens (including phenoxy) is 1. The molecule has 0 aliphatic rings. The first-order valence-corrected chi connectivity index (χ1v) is 6.94. The number of amides is 1. The highest BCUT2D eigenvalue weighted by Gasteiger charge is 2.19. The van der Waals surface area contributed by atoms with Crippen LogP contribution in [0.15, 0.2) is 54.6 Å². The van der Waals surface area contributed by atoms with E-state index in [1.807, 2.05) is 42.5 Å². The summed E-state index contributed by atoms with van der Waals surface area (Å²) in [7, 11) is 0. The molecule has 0 heterocycles. The molecule has 0 bridgehead atoms. The fourth-order valence-electron chi connectivity index (χ4n) is 2.36. The van der Waals surface area contributed by atoms with Crippen molar-refractivity contribution in [3.8, 4) is 5.75 Å². The minimum atomic E-state index is -1.17. The number of primary amides is 1. The van der Waals surface area contributed by atoms with Crippen molar-refractivity contribution >= 4 is 16.7 Å². The minimum Gasteiger partial charge on any atom is -0.486 e. The smallest absolute Gasteiger partial charge is 0.254 e. The molecular weight excluding hydrogens is 300 g/mol. The molecule has 1 amide bonds. The van der Waals surface area contributed by atoms with Crippen molar-refractivity contribution < 1.29 is 18.3 Å². The van der Waals surface area contributed by atoms with Gasteiger partial charge in [-0.05, 0) is 34.5 Å². The Balaban J connectivity index is 1.85. The molecule has 0 saturated carbocycles. The third-order valence-corrected chi connectivity index (χ3v) is 3.51. The highest BCUT2D eigenvalue weighted by Crippen LogP contribution is 2.24. The summed E-state index contributed by atoms with van der Waals surface area (Å²) < 4.78 is 32.9. The van der Waals surface area contributed by atoms with Crippen LogP contribution in [0.2, 0.25) is 0 Å². The van der Waals surface area contributed by atoms with Crippen molar-refractivity contribution in [1.82, 2.24) is 0 Å². The van der Waals surface area contributed by atoms with E-state index >= 15 is 0 Å². The van der Waals surface area contributed by atoms with E-state index in [4.69, 9.17) is 10.5 Å². The number of hydrogen-bond donors (Lipinski definition) is 1. The summed E-state index contributed by atoms with van der Waals surface area (Å²) in [5.74, 6) is -3.48. The van der Waals surface area contributed by atoms with E-state index in [0.717, 1.165) is 28.5 Å². The van der Waals surface area contributed by atoms with Crippen LogP contribution in [0.3, 0.4) is 0 Å². The van der Waals surface area contributed by atoms with Gasteiger partial charge in [0, 0.05) is 0 Å². The number of carbonyl (C=O) groups excluding carboxylic acids is 1. The van der Waals surface area contributed by atoms with Crippen molar-refractivity contribution in [2.75, 3.05) is 0 Å². The summed E-state index contributed by atoms with van der Waals surface area (Å²) in [6.07, 6.45) is 0. The molecule has 3 aromatic carbocycles. The molecular formula is C18H13F2NO2. The molecule has 3 aromatic rings. The third-order valence-electron chi connectivity index (χ3n) is 3.51. The molecule has 23 heavy (non-hydrogen) atoms. The van der Waals surface area contributed by atoms with Gasteiger partial charge in [-0.15, -0.1) is 0 Å². The first-order chi connectivity index (χ1) is 11.1. The molecule has 116 valence electrons. The van der Waals surface area contributed by atoms with Crippen LogP contribution in [0.25, 0.3) is 10.8 Å². The Kier molecular flexibility index (Phi) is 3.93. The quantitative estimate of drug-likeness (QED) is 0.796. The molecule has 0 unspecified atom stereocenters. The second-order valence-corrected chi connectivity index (χ2v) is 5.07. The van der Waals surface area contributed by atoms with Gasteiger partial charge >= 0.3 is 0 Å². The molecule has 0 fully saturated rings. The van der Waals surface area contributed by atoms with Crippen molar-refractivity contribution in [2.24, 2.45) is 5.73 Å². The summed E-state index contributed by atoms with van der Waals surface area (Å²) in [5.41, 5.74) is 5.02. The van der Waals surface area contributed by atoms with Gasteiger partial charge < -0.3 is 10.5 Å². The lowest BCUT2D eigenvalue weighted by atomic mass is 10.1. The Morgan fingerprint density at radius 2 is 1.74 bits per heavy atom. The Morgan fingerprint density at radius 3 is 2.48 bits per heavy atom. The highest BCUT2D eigenvalue weighted by molar-refractivity contribution is 5.93. The molecule has 0 atom stereocenters. The van der Waals surface area contributed by atoms with Crippen molar-refractivity contribution in [1.29, 1.82) is 0 Å². The van der Waals surface area contributed by atoms with E-state index in [0.29, 0.717) is 0 Å². The van der Waals surface area contributed by atoms with Gasteiger partial charge in [0.25, 0.3) is 5.91 Å². The molecule has 0 aliphatic heterocycles. The summed E-state index contributed by atoms with van der Waals surface area (Å²) in [5, 5.41) is 2.12. The van der Waals surface area contributed by atoms with E-state index in [-0.39, 0.29) is 12.4 Å². The van der Waals surface area contributed by atoms with Gasteiger partial charge in [-0.3, -0.25) is 4.79 Å². The lowest BCUT2D eigenvalue weighted by Crippen LogP contribution is -2.16. The molecule has 2 N–H and O–H groups in total. The van der Waals surface area contributed by atoms with Gasteiger partial charge in [-0.2, -0.15) is 0 Å². The maximum absolute atomic E-state index is 14.1. The topological polar surface area (TPSA) is 52.3 Å². The van der Waals surface area contributed by atoms with Gasteiger partial charge in [0.2, 0.25) is 0 Å². The van der Waals surface area contributed by atoms with Gasteiger partial charge in [0.15, 0.2) is 11.6 Å². The van der Waals surface area contributed by atoms with Crippen LogP contribution in [-0.4, -0.2) is 5.91 Å². The van der Waals surface area contributed by atoms with Crippen molar-refractivity contribution in [2.45, 2.75) is 6.61 Å². The highest BCUT2D eigenvalue weighted by atomic mass is 19.1. The Labute approximate surface area is 131 Å². The molecule has 5 heteroatoms. The first-order valence-electron chi connectivity index (χ1n) is 6.94. The van der Waals surface area contributed by atoms with Gasteiger partial charge in [-0.25, -0.2) is 8.78 Å². The monoisotopic (exact) mass is 313 g/mol. The van der Waals surface area contributed by atoms with E-state index in [9.17, 15) is 13.6 Å². The molecule has 0 spiro atoms. The van der Waals surface area contributed by atoms with Crippen LogP contribution >= 0.6 is 0 Å². The number of hydrogen-bond acceptors (Lipinski definition) is 2. The van der Waals surface area contributed by atoms with Gasteiger partial charge in [0.05, 0.1) is 0 Å². The van der Waals surface area contributed by atoms with Crippen LogP contribution in [0.5, 0.6) is 5.75 Å². The zero-order chi connectivity index (χ0) is 16.4.